The Morgan fingerprint density at radius 1 is 1.29 bits per heavy atom. The largest absolute Gasteiger partial charge is 0.463 e. The third-order valence-electron chi connectivity index (χ3n) is 3.47. The molecule has 122 valence electrons. The van der Waals surface area contributed by atoms with Crippen molar-refractivity contribution in [2.45, 2.75) is 39.7 Å². The summed E-state index contributed by atoms with van der Waals surface area (Å²) in [6.45, 7) is 7.02. The molecule has 0 spiro atoms. The fourth-order valence-corrected chi connectivity index (χ4v) is 1.97. The van der Waals surface area contributed by atoms with Gasteiger partial charge in [-0.25, -0.2) is 0 Å². The smallest absolute Gasteiger partial charge is 0.311 e. The number of hydrogen-bond donors (Lipinski definition) is 0. The van der Waals surface area contributed by atoms with E-state index in [0.29, 0.717) is 26.1 Å². The maximum atomic E-state index is 12.1. The Kier molecular flexibility index (Phi) is 7.11. The van der Waals surface area contributed by atoms with E-state index in [-0.39, 0.29) is 37.2 Å². The normalized spacial score (nSPS) is 19.0. The number of rotatable bonds is 10. The van der Waals surface area contributed by atoms with E-state index >= 15 is 0 Å². The van der Waals surface area contributed by atoms with E-state index in [4.69, 9.17) is 18.9 Å². The maximum absolute atomic E-state index is 12.1. The second-order valence-corrected chi connectivity index (χ2v) is 5.91. The monoisotopic (exact) mass is 302 g/mol. The molecule has 0 radical (unpaired) electrons. The summed E-state index contributed by atoms with van der Waals surface area (Å²) in [5.41, 5.74) is -0.726. The zero-order chi connectivity index (χ0) is 15.9. The van der Waals surface area contributed by atoms with E-state index in [2.05, 4.69) is 0 Å². The minimum Gasteiger partial charge on any atom is -0.463 e. The van der Waals surface area contributed by atoms with Crippen LogP contribution in [-0.4, -0.2) is 51.6 Å². The lowest BCUT2D eigenvalue weighted by atomic mass is 9.81. The molecule has 6 heteroatoms. The lowest BCUT2D eigenvalue weighted by Gasteiger charge is -2.26. The summed E-state index contributed by atoms with van der Waals surface area (Å²) in [6, 6.07) is 0. The van der Waals surface area contributed by atoms with E-state index in [1.54, 1.807) is 21.0 Å². The van der Waals surface area contributed by atoms with Crippen LogP contribution in [0.25, 0.3) is 0 Å². The molecule has 0 saturated carbocycles. The summed E-state index contributed by atoms with van der Waals surface area (Å²) in [7, 11) is 1.55. The van der Waals surface area contributed by atoms with Crippen molar-refractivity contribution >= 4 is 11.9 Å². The van der Waals surface area contributed by atoms with Gasteiger partial charge in [0.25, 0.3) is 0 Å². The Labute approximate surface area is 126 Å². The van der Waals surface area contributed by atoms with Gasteiger partial charge in [-0.2, -0.15) is 0 Å². The standard InChI is InChI=1S/C15H26O6/c1-5-11(13(16)19-7-6-18-4)8-15(2,3)14(17)21-10-12-9-20-12/h11-12H,5-10H2,1-4H3. The van der Waals surface area contributed by atoms with E-state index in [9.17, 15) is 9.59 Å². The number of hydrogen-bond acceptors (Lipinski definition) is 6. The molecule has 21 heavy (non-hydrogen) atoms. The van der Waals surface area contributed by atoms with Gasteiger partial charge in [0.05, 0.1) is 24.5 Å². The van der Waals surface area contributed by atoms with E-state index in [1.807, 2.05) is 6.92 Å². The van der Waals surface area contributed by atoms with Gasteiger partial charge in [-0.3, -0.25) is 9.59 Å². The van der Waals surface area contributed by atoms with Crippen LogP contribution in [0.15, 0.2) is 0 Å². The number of methoxy groups -OCH3 is 1. The van der Waals surface area contributed by atoms with E-state index < -0.39 is 5.41 Å². The third kappa shape index (κ3) is 6.44. The van der Waals surface area contributed by atoms with Gasteiger partial charge < -0.3 is 18.9 Å². The quantitative estimate of drug-likeness (QED) is 0.346. The second-order valence-electron chi connectivity index (χ2n) is 5.91. The fourth-order valence-electron chi connectivity index (χ4n) is 1.97. The minimum absolute atomic E-state index is 0.0470. The first-order valence-electron chi connectivity index (χ1n) is 7.35. The highest BCUT2D eigenvalue weighted by Gasteiger charge is 2.36. The van der Waals surface area contributed by atoms with Gasteiger partial charge in [0.15, 0.2) is 0 Å². The lowest BCUT2D eigenvalue weighted by molar-refractivity contribution is -0.158. The first-order chi connectivity index (χ1) is 9.90. The van der Waals surface area contributed by atoms with Gasteiger partial charge in [0, 0.05) is 7.11 Å². The minimum atomic E-state index is -0.726. The van der Waals surface area contributed by atoms with Crippen molar-refractivity contribution in [2.24, 2.45) is 11.3 Å². The van der Waals surface area contributed by atoms with Crippen LogP contribution in [0.1, 0.15) is 33.6 Å². The van der Waals surface area contributed by atoms with Gasteiger partial charge in [0.2, 0.25) is 0 Å². The van der Waals surface area contributed by atoms with Crippen molar-refractivity contribution in [3.8, 4) is 0 Å². The molecule has 1 aliphatic rings. The highest BCUT2D eigenvalue weighted by molar-refractivity contribution is 5.78. The topological polar surface area (TPSA) is 74.4 Å². The molecule has 1 aliphatic heterocycles. The number of carbonyl (C=O) groups is 2. The zero-order valence-corrected chi connectivity index (χ0v) is 13.3. The molecule has 1 rings (SSSR count). The molecule has 1 fully saturated rings. The van der Waals surface area contributed by atoms with Crippen molar-refractivity contribution < 1.29 is 28.5 Å². The highest BCUT2D eigenvalue weighted by atomic mass is 16.6. The van der Waals surface area contributed by atoms with Crippen molar-refractivity contribution in [1.82, 2.24) is 0 Å². The Morgan fingerprint density at radius 3 is 2.48 bits per heavy atom. The van der Waals surface area contributed by atoms with E-state index in [0.717, 1.165) is 0 Å². The van der Waals surface area contributed by atoms with Gasteiger partial charge >= 0.3 is 11.9 Å². The average Bonchev–Trinajstić information content (AvgIpc) is 3.26. The van der Waals surface area contributed by atoms with Gasteiger partial charge in [-0.1, -0.05) is 6.92 Å². The molecule has 2 atom stereocenters. The first-order valence-corrected chi connectivity index (χ1v) is 7.35. The first kappa shape index (κ1) is 17.9. The predicted octanol–water partition coefficient (Wildman–Crippen LogP) is 1.56. The summed E-state index contributed by atoms with van der Waals surface area (Å²) in [5.74, 6) is -0.913. The predicted molar refractivity (Wildman–Crippen MR) is 75.7 cm³/mol. The number of epoxide rings is 1. The van der Waals surface area contributed by atoms with Crippen molar-refractivity contribution in [3.63, 3.8) is 0 Å². The molecule has 1 heterocycles. The molecule has 0 aromatic rings. The molecule has 0 N–H and O–H groups in total. The van der Waals surface area contributed by atoms with Crippen molar-refractivity contribution in [2.75, 3.05) is 33.5 Å². The number of carbonyl (C=O) groups excluding carboxylic acids is 2. The average molecular weight is 302 g/mol. The van der Waals surface area contributed by atoms with Crippen LogP contribution >= 0.6 is 0 Å². The molecular formula is C15H26O6. The summed E-state index contributed by atoms with van der Waals surface area (Å²) < 4.78 is 20.2. The van der Waals surface area contributed by atoms with Crippen LogP contribution in [0.4, 0.5) is 0 Å². The summed E-state index contributed by atoms with van der Waals surface area (Å²) in [4.78, 5) is 24.1. The van der Waals surface area contributed by atoms with Crippen molar-refractivity contribution in [1.29, 1.82) is 0 Å². The van der Waals surface area contributed by atoms with Crippen LogP contribution in [0, 0.1) is 11.3 Å². The summed E-state index contributed by atoms with van der Waals surface area (Å²) in [6.07, 6.45) is 1.07. The molecule has 2 unspecified atom stereocenters. The summed E-state index contributed by atoms with van der Waals surface area (Å²) in [5, 5.41) is 0. The Morgan fingerprint density at radius 2 is 1.95 bits per heavy atom. The highest BCUT2D eigenvalue weighted by Crippen LogP contribution is 2.30. The molecule has 0 bridgehead atoms. The Balaban J connectivity index is 2.43. The molecule has 1 saturated heterocycles. The molecule has 0 aromatic carbocycles. The lowest BCUT2D eigenvalue weighted by Crippen LogP contribution is -2.33. The molecule has 0 aromatic heterocycles. The van der Waals surface area contributed by atoms with Crippen LogP contribution < -0.4 is 0 Å². The molecule has 0 amide bonds. The van der Waals surface area contributed by atoms with Crippen LogP contribution in [-0.2, 0) is 28.5 Å². The Hall–Kier alpha value is -1.14. The van der Waals surface area contributed by atoms with Crippen LogP contribution in [0.2, 0.25) is 0 Å². The fraction of sp³-hybridized carbons (Fsp3) is 0.867. The Bertz CT molecular complexity index is 348. The molecule has 6 nitrogen and oxygen atoms in total. The van der Waals surface area contributed by atoms with Crippen molar-refractivity contribution in [3.05, 3.63) is 0 Å². The summed E-state index contributed by atoms with van der Waals surface area (Å²) >= 11 is 0. The van der Waals surface area contributed by atoms with Gasteiger partial charge in [-0.05, 0) is 26.7 Å². The number of ether oxygens (including phenoxy) is 4. The SMILES string of the molecule is CCC(CC(C)(C)C(=O)OCC1CO1)C(=O)OCCOC. The third-order valence-corrected chi connectivity index (χ3v) is 3.47. The van der Waals surface area contributed by atoms with Gasteiger partial charge in [0.1, 0.15) is 19.3 Å². The molecule has 0 aliphatic carbocycles. The maximum Gasteiger partial charge on any atom is 0.311 e. The van der Waals surface area contributed by atoms with Crippen LogP contribution in [0.3, 0.4) is 0 Å². The van der Waals surface area contributed by atoms with Crippen LogP contribution in [0.5, 0.6) is 0 Å². The zero-order valence-electron chi connectivity index (χ0n) is 13.3. The van der Waals surface area contributed by atoms with Gasteiger partial charge in [-0.15, -0.1) is 0 Å². The second kappa shape index (κ2) is 8.34. The number of esters is 2. The van der Waals surface area contributed by atoms with E-state index in [1.165, 1.54) is 0 Å². The molecular weight excluding hydrogens is 276 g/mol.